The van der Waals surface area contributed by atoms with Gasteiger partial charge in [0, 0.05) is 18.5 Å². The van der Waals surface area contributed by atoms with E-state index in [9.17, 15) is 0 Å². The molecule has 0 aromatic heterocycles. The van der Waals surface area contributed by atoms with E-state index in [4.69, 9.17) is 0 Å². The van der Waals surface area contributed by atoms with Gasteiger partial charge >= 0.3 is 0 Å². The molecule has 1 unspecified atom stereocenters. The van der Waals surface area contributed by atoms with Crippen LogP contribution in [0.2, 0.25) is 0 Å². The summed E-state index contributed by atoms with van der Waals surface area (Å²) in [6.45, 7) is 7.67. The molecule has 1 heterocycles. The fraction of sp³-hybridized carbons (Fsp3) is 0.917. The van der Waals surface area contributed by atoms with E-state index < -0.39 is 0 Å². The molecule has 0 saturated heterocycles. The Morgan fingerprint density at radius 1 is 1.44 bits per heavy atom. The fourth-order valence-electron chi connectivity index (χ4n) is 1.79. The van der Waals surface area contributed by atoms with E-state index in [0.29, 0.717) is 0 Å². The van der Waals surface area contributed by atoms with E-state index in [1.807, 2.05) is 6.92 Å². The zero-order valence-corrected chi connectivity index (χ0v) is 11.6. The molecule has 1 aliphatic heterocycles. The van der Waals surface area contributed by atoms with Gasteiger partial charge in [-0.2, -0.15) is 0 Å². The summed E-state index contributed by atoms with van der Waals surface area (Å²) in [5.74, 6) is 1.79. The van der Waals surface area contributed by atoms with Gasteiger partial charge in [0.1, 0.15) is 11.3 Å². The molecule has 0 saturated carbocycles. The highest BCUT2D eigenvalue weighted by Crippen LogP contribution is 2.15. The maximum atomic E-state index is 4.24. The van der Waals surface area contributed by atoms with Crippen molar-refractivity contribution in [3.05, 3.63) is 0 Å². The zero-order valence-electron chi connectivity index (χ0n) is 10.8. The van der Waals surface area contributed by atoms with Gasteiger partial charge in [-0.25, -0.2) is 4.40 Å². The van der Waals surface area contributed by atoms with Crippen LogP contribution in [0.15, 0.2) is 4.40 Å². The third kappa shape index (κ3) is 5.75. The number of amidine groups is 1. The molecular weight excluding hydrogens is 218 g/mol. The summed E-state index contributed by atoms with van der Waals surface area (Å²) in [6, 6.07) is 0. The number of nitrogens with zero attached hydrogens (tertiary/aromatic N) is 1. The topological polar surface area (TPSA) is 36.4 Å². The van der Waals surface area contributed by atoms with Crippen LogP contribution in [0.3, 0.4) is 0 Å². The second-order valence-corrected chi connectivity index (χ2v) is 5.53. The molecule has 0 aromatic rings. The molecular formula is C12H25N3S. The minimum Gasteiger partial charge on any atom is -0.348 e. The summed E-state index contributed by atoms with van der Waals surface area (Å²) >= 11 is 1.59. The molecule has 4 heteroatoms. The van der Waals surface area contributed by atoms with Crippen molar-refractivity contribution in [3.8, 4) is 0 Å². The first kappa shape index (κ1) is 13.8. The molecule has 0 radical (unpaired) electrons. The highest BCUT2D eigenvalue weighted by Gasteiger charge is 2.15. The van der Waals surface area contributed by atoms with Gasteiger partial charge in [0.2, 0.25) is 0 Å². The Kier molecular flexibility index (Phi) is 6.88. The molecule has 0 fully saturated rings. The van der Waals surface area contributed by atoms with Crippen molar-refractivity contribution in [2.75, 3.05) is 6.54 Å². The van der Waals surface area contributed by atoms with Crippen molar-refractivity contribution in [1.29, 1.82) is 0 Å². The van der Waals surface area contributed by atoms with Gasteiger partial charge in [-0.1, -0.05) is 39.5 Å². The smallest absolute Gasteiger partial charge is 0.148 e. The van der Waals surface area contributed by atoms with Crippen molar-refractivity contribution in [1.82, 2.24) is 10.6 Å². The largest absolute Gasteiger partial charge is 0.348 e. The average molecular weight is 243 g/mol. The molecule has 0 spiro atoms. The minimum atomic E-state index is 0.290. The van der Waals surface area contributed by atoms with Gasteiger partial charge in [0.25, 0.3) is 0 Å². The van der Waals surface area contributed by atoms with Crippen molar-refractivity contribution in [3.63, 3.8) is 0 Å². The average Bonchev–Trinajstić information content (AvgIpc) is 2.68. The Labute approximate surface area is 104 Å². The van der Waals surface area contributed by atoms with Gasteiger partial charge in [-0.15, -0.1) is 0 Å². The van der Waals surface area contributed by atoms with Crippen molar-refractivity contribution < 1.29 is 0 Å². The van der Waals surface area contributed by atoms with Gasteiger partial charge in [0.05, 0.1) is 0 Å². The second-order valence-electron chi connectivity index (χ2n) is 4.67. The Balaban J connectivity index is 1.96. The third-order valence-electron chi connectivity index (χ3n) is 2.84. The number of nitrogens with one attached hydrogen (secondary N) is 2. The molecule has 94 valence electrons. The summed E-state index contributed by atoms with van der Waals surface area (Å²) in [5, 5.41) is 6.78. The van der Waals surface area contributed by atoms with Crippen LogP contribution < -0.4 is 10.6 Å². The number of unbranched alkanes of at least 4 members (excludes halogenated alkanes) is 3. The first-order chi connectivity index (χ1) is 7.72. The van der Waals surface area contributed by atoms with Gasteiger partial charge in [-0.3, -0.25) is 5.32 Å². The molecule has 0 aromatic carbocycles. The summed E-state index contributed by atoms with van der Waals surface area (Å²) < 4.78 is 4.24. The maximum absolute atomic E-state index is 4.24. The predicted molar refractivity (Wildman–Crippen MR) is 73.5 cm³/mol. The van der Waals surface area contributed by atoms with Crippen LogP contribution in [0.1, 0.15) is 52.9 Å². The first-order valence-electron chi connectivity index (χ1n) is 6.42. The zero-order chi connectivity index (χ0) is 11.8. The standard InChI is InChI=1S/C12H25N3S/c1-4-5-6-7-8-10(2)9-13-12-14-11(3)15-16-12/h10,12-13H,4-9H2,1-3H3,(H,14,15)/t10?,12-/m0/s1. The Morgan fingerprint density at radius 3 is 2.88 bits per heavy atom. The van der Waals surface area contributed by atoms with E-state index in [-0.39, 0.29) is 5.50 Å². The number of hydrogen-bond acceptors (Lipinski definition) is 4. The predicted octanol–water partition coefficient (Wildman–Crippen LogP) is 3.14. The van der Waals surface area contributed by atoms with Crippen molar-refractivity contribution >= 4 is 17.8 Å². The number of rotatable bonds is 8. The Bertz CT molecular complexity index is 218. The van der Waals surface area contributed by atoms with E-state index >= 15 is 0 Å². The summed E-state index contributed by atoms with van der Waals surface area (Å²) in [6.07, 6.45) is 6.81. The van der Waals surface area contributed by atoms with Crippen LogP contribution in [0, 0.1) is 5.92 Å². The van der Waals surface area contributed by atoms with Crippen molar-refractivity contribution in [2.24, 2.45) is 10.3 Å². The second kappa shape index (κ2) is 7.96. The molecule has 2 N–H and O–H groups in total. The van der Waals surface area contributed by atoms with Crippen LogP contribution in [-0.4, -0.2) is 17.9 Å². The van der Waals surface area contributed by atoms with Crippen LogP contribution in [0.5, 0.6) is 0 Å². The van der Waals surface area contributed by atoms with Crippen molar-refractivity contribution in [2.45, 2.75) is 58.4 Å². The van der Waals surface area contributed by atoms with Gasteiger partial charge < -0.3 is 5.32 Å². The lowest BCUT2D eigenvalue weighted by atomic mass is 10.0. The quantitative estimate of drug-likeness (QED) is 0.508. The Morgan fingerprint density at radius 2 is 2.25 bits per heavy atom. The van der Waals surface area contributed by atoms with E-state index in [0.717, 1.165) is 18.3 Å². The maximum Gasteiger partial charge on any atom is 0.148 e. The summed E-state index contributed by atoms with van der Waals surface area (Å²) in [7, 11) is 0. The van der Waals surface area contributed by atoms with Crippen LogP contribution in [0.4, 0.5) is 0 Å². The highest BCUT2D eigenvalue weighted by molar-refractivity contribution is 7.99. The minimum absolute atomic E-state index is 0.290. The first-order valence-corrected chi connectivity index (χ1v) is 7.26. The van der Waals surface area contributed by atoms with Crippen LogP contribution >= 0.6 is 11.9 Å². The Hall–Kier alpha value is -0.220. The lowest BCUT2D eigenvalue weighted by Gasteiger charge is -2.16. The molecule has 3 nitrogen and oxygen atoms in total. The molecule has 0 aliphatic carbocycles. The SMILES string of the molecule is CCCCCCC(C)CN[C@H]1NC(C)=NS1. The molecule has 2 atom stereocenters. The lowest BCUT2D eigenvalue weighted by molar-refractivity contribution is 0.445. The number of hydrogen-bond donors (Lipinski definition) is 2. The third-order valence-corrected chi connectivity index (χ3v) is 3.71. The highest BCUT2D eigenvalue weighted by atomic mass is 32.2. The molecule has 1 aliphatic rings. The normalized spacial score (nSPS) is 21.7. The van der Waals surface area contributed by atoms with Crippen LogP contribution in [-0.2, 0) is 0 Å². The van der Waals surface area contributed by atoms with E-state index in [2.05, 4.69) is 28.9 Å². The summed E-state index contributed by atoms with van der Waals surface area (Å²) in [4.78, 5) is 0. The van der Waals surface area contributed by atoms with Crippen LogP contribution in [0.25, 0.3) is 0 Å². The molecule has 0 amide bonds. The monoisotopic (exact) mass is 243 g/mol. The van der Waals surface area contributed by atoms with E-state index in [1.165, 1.54) is 32.1 Å². The van der Waals surface area contributed by atoms with E-state index in [1.54, 1.807) is 11.9 Å². The van der Waals surface area contributed by atoms with Gasteiger partial charge in [0.15, 0.2) is 0 Å². The van der Waals surface area contributed by atoms with Gasteiger partial charge in [-0.05, 0) is 19.3 Å². The molecule has 16 heavy (non-hydrogen) atoms. The summed E-state index contributed by atoms with van der Waals surface area (Å²) in [5.41, 5.74) is 0.290. The molecule has 1 rings (SSSR count). The lowest BCUT2D eigenvalue weighted by Crippen LogP contribution is -2.40. The fourth-order valence-corrected chi connectivity index (χ4v) is 2.50. The molecule has 0 bridgehead atoms.